The van der Waals surface area contributed by atoms with E-state index < -0.39 is 58.9 Å². The number of pyridine rings is 1. The Morgan fingerprint density at radius 2 is 1.94 bits per heavy atom. The second kappa shape index (κ2) is 9.16. The van der Waals surface area contributed by atoms with Crippen molar-refractivity contribution >= 4 is 17.5 Å². The van der Waals surface area contributed by atoms with Crippen molar-refractivity contribution in [1.82, 2.24) is 4.98 Å². The van der Waals surface area contributed by atoms with E-state index in [0.717, 1.165) is 25.1 Å². The van der Waals surface area contributed by atoms with E-state index in [9.17, 15) is 31.5 Å². The first kappa shape index (κ1) is 25.3. The number of primary amides is 1. The standard InChI is InChI=1S/C22H22F5N3O4/c1-4-33-17-12(5-6-13(23)16(17)24)15-10(2)21(3,22(25,26)27)34-18(15)20(32)30-11-7-8-29-14(9-11)19(28)31/h5-10,15,18H,4H2,1-3H3,(H2,28,31)(H,29,30,32)/t10-,15-,18+,21-/m0/s1. The van der Waals surface area contributed by atoms with Gasteiger partial charge in [-0.15, -0.1) is 0 Å². The summed E-state index contributed by atoms with van der Waals surface area (Å²) in [5.74, 6) is -7.87. The van der Waals surface area contributed by atoms with Crippen molar-refractivity contribution in [3.8, 4) is 5.75 Å². The third-order valence-corrected chi connectivity index (χ3v) is 5.93. The number of carbonyl (C=O) groups excluding carboxylic acids is 2. The Morgan fingerprint density at radius 1 is 1.26 bits per heavy atom. The number of hydrogen-bond acceptors (Lipinski definition) is 5. The smallest absolute Gasteiger partial charge is 0.417 e. The summed E-state index contributed by atoms with van der Waals surface area (Å²) in [7, 11) is 0. The number of aromatic nitrogens is 1. The molecule has 184 valence electrons. The van der Waals surface area contributed by atoms with Gasteiger partial charge in [-0.1, -0.05) is 13.0 Å². The lowest BCUT2D eigenvalue weighted by molar-refractivity contribution is -0.272. The van der Waals surface area contributed by atoms with E-state index in [0.29, 0.717) is 0 Å². The number of nitrogens with zero attached hydrogens (tertiary/aromatic N) is 1. The molecule has 2 aromatic rings. The average Bonchev–Trinajstić information content (AvgIpc) is 3.04. The minimum Gasteiger partial charge on any atom is -0.490 e. The van der Waals surface area contributed by atoms with Crippen LogP contribution in [0.5, 0.6) is 5.75 Å². The van der Waals surface area contributed by atoms with Gasteiger partial charge in [0.05, 0.1) is 6.61 Å². The van der Waals surface area contributed by atoms with Crippen LogP contribution in [-0.4, -0.2) is 41.3 Å². The van der Waals surface area contributed by atoms with Gasteiger partial charge in [-0.2, -0.15) is 17.6 Å². The number of amides is 2. The number of hydrogen-bond donors (Lipinski definition) is 2. The van der Waals surface area contributed by atoms with E-state index >= 15 is 0 Å². The SMILES string of the molecule is CCOc1c([C@H]2[C@H](C(=O)Nc3ccnc(C(N)=O)c3)O[C@](C)(C(F)(F)F)[C@H]2C)ccc(F)c1F. The monoisotopic (exact) mass is 487 g/mol. The van der Waals surface area contributed by atoms with Crippen LogP contribution in [0.1, 0.15) is 42.7 Å². The number of halogens is 5. The molecule has 1 aliphatic heterocycles. The van der Waals surface area contributed by atoms with Gasteiger partial charge >= 0.3 is 6.18 Å². The lowest BCUT2D eigenvalue weighted by Crippen LogP contribution is -2.47. The number of rotatable bonds is 6. The average molecular weight is 487 g/mol. The molecule has 1 aromatic heterocycles. The number of alkyl halides is 3. The summed E-state index contributed by atoms with van der Waals surface area (Å²) < 4.78 is 80.9. The predicted molar refractivity (Wildman–Crippen MR) is 110 cm³/mol. The molecule has 7 nitrogen and oxygen atoms in total. The maximum absolute atomic E-state index is 14.5. The second-order valence-electron chi connectivity index (χ2n) is 7.95. The highest BCUT2D eigenvalue weighted by Crippen LogP contribution is 2.55. The molecule has 3 N–H and O–H groups in total. The summed E-state index contributed by atoms with van der Waals surface area (Å²) >= 11 is 0. The Kier molecular flexibility index (Phi) is 6.83. The fourth-order valence-corrected chi connectivity index (χ4v) is 3.98. The highest BCUT2D eigenvalue weighted by atomic mass is 19.4. The number of nitrogens with one attached hydrogen (secondary N) is 1. The Bertz CT molecular complexity index is 1110. The third-order valence-electron chi connectivity index (χ3n) is 5.93. The Morgan fingerprint density at radius 3 is 2.53 bits per heavy atom. The highest BCUT2D eigenvalue weighted by Gasteiger charge is 2.65. The number of nitrogens with two attached hydrogens (primary N) is 1. The van der Waals surface area contributed by atoms with Crippen LogP contribution in [-0.2, 0) is 9.53 Å². The van der Waals surface area contributed by atoms with E-state index in [1.54, 1.807) is 0 Å². The first-order valence-electron chi connectivity index (χ1n) is 10.2. The first-order chi connectivity index (χ1) is 15.8. The van der Waals surface area contributed by atoms with Crippen molar-refractivity contribution < 1.29 is 41.0 Å². The molecule has 0 spiro atoms. The van der Waals surface area contributed by atoms with Gasteiger partial charge in [0, 0.05) is 29.3 Å². The molecule has 1 fully saturated rings. The minimum absolute atomic E-state index is 0.0275. The molecule has 12 heteroatoms. The predicted octanol–water partition coefficient (Wildman–Crippen LogP) is 3.94. The van der Waals surface area contributed by atoms with Gasteiger partial charge in [-0.3, -0.25) is 14.6 Å². The van der Waals surface area contributed by atoms with Crippen LogP contribution >= 0.6 is 0 Å². The van der Waals surface area contributed by atoms with Crippen molar-refractivity contribution in [2.75, 3.05) is 11.9 Å². The number of carbonyl (C=O) groups is 2. The molecular weight excluding hydrogens is 465 g/mol. The topological polar surface area (TPSA) is 104 Å². The molecule has 4 atom stereocenters. The maximum atomic E-state index is 14.5. The molecule has 1 aromatic carbocycles. The van der Waals surface area contributed by atoms with Crippen LogP contribution in [0.25, 0.3) is 0 Å². The number of ether oxygens (including phenoxy) is 2. The zero-order valence-electron chi connectivity index (χ0n) is 18.4. The lowest BCUT2D eigenvalue weighted by atomic mass is 9.77. The van der Waals surface area contributed by atoms with Gasteiger partial charge in [0.15, 0.2) is 17.2 Å². The Labute approximate surface area is 191 Å². The van der Waals surface area contributed by atoms with Crippen molar-refractivity contribution in [3.05, 3.63) is 53.4 Å². The van der Waals surface area contributed by atoms with Gasteiger partial charge in [0.1, 0.15) is 11.8 Å². The fourth-order valence-electron chi connectivity index (χ4n) is 3.98. The van der Waals surface area contributed by atoms with Crippen molar-refractivity contribution in [2.45, 2.75) is 44.6 Å². The molecule has 0 saturated carbocycles. The van der Waals surface area contributed by atoms with Crippen LogP contribution in [0.3, 0.4) is 0 Å². The van der Waals surface area contributed by atoms with E-state index in [1.165, 1.54) is 26.1 Å². The molecule has 0 bridgehead atoms. The van der Waals surface area contributed by atoms with E-state index in [4.69, 9.17) is 15.2 Å². The fraction of sp³-hybridized carbons (Fsp3) is 0.409. The van der Waals surface area contributed by atoms with E-state index in [-0.39, 0.29) is 23.6 Å². The summed E-state index contributed by atoms with van der Waals surface area (Å²) in [6, 6.07) is 4.26. The van der Waals surface area contributed by atoms with Crippen molar-refractivity contribution in [1.29, 1.82) is 0 Å². The molecule has 2 heterocycles. The summed E-state index contributed by atoms with van der Waals surface area (Å²) in [6.45, 7) is 3.39. The van der Waals surface area contributed by atoms with Gasteiger partial charge < -0.3 is 20.5 Å². The van der Waals surface area contributed by atoms with Crippen molar-refractivity contribution in [2.24, 2.45) is 11.7 Å². The lowest BCUT2D eigenvalue weighted by Gasteiger charge is -2.32. The summed E-state index contributed by atoms with van der Waals surface area (Å²) in [6.07, 6.45) is -5.48. The Balaban J connectivity index is 2.09. The summed E-state index contributed by atoms with van der Waals surface area (Å²) in [4.78, 5) is 28.2. The van der Waals surface area contributed by atoms with Gasteiger partial charge in [-0.05, 0) is 32.0 Å². The van der Waals surface area contributed by atoms with Crippen molar-refractivity contribution in [3.63, 3.8) is 0 Å². The van der Waals surface area contributed by atoms with Crippen LogP contribution in [0.2, 0.25) is 0 Å². The number of anilines is 1. The number of benzene rings is 1. The molecule has 0 aliphatic carbocycles. The molecule has 1 aliphatic rings. The molecular formula is C22H22F5N3O4. The highest BCUT2D eigenvalue weighted by molar-refractivity contribution is 5.97. The van der Waals surface area contributed by atoms with E-state index in [2.05, 4.69) is 10.3 Å². The molecule has 34 heavy (non-hydrogen) atoms. The zero-order chi connectivity index (χ0) is 25.4. The largest absolute Gasteiger partial charge is 0.490 e. The molecule has 0 unspecified atom stereocenters. The van der Waals surface area contributed by atoms with Crippen LogP contribution in [0.4, 0.5) is 27.6 Å². The normalized spacial score (nSPS) is 24.6. The molecule has 3 rings (SSSR count). The second-order valence-corrected chi connectivity index (χ2v) is 7.95. The summed E-state index contributed by atoms with van der Waals surface area (Å²) in [5, 5.41) is 2.38. The van der Waals surface area contributed by atoms with Gasteiger partial charge in [-0.25, -0.2) is 4.39 Å². The molecule has 1 saturated heterocycles. The zero-order valence-corrected chi connectivity index (χ0v) is 18.4. The third kappa shape index (κ3) is 4.41. The molecule has 2 amide bonds. The van der Waals surface area contributed by atoms with Crippen LogP contribution in [0.15, 0.2) is 30.5 Å². The molecule has 0 radical (unpaired) electrons. The Hall–Kier alpha value is -3.28. The van der Waals surface area contributed by atoms with Crippen LogP contribution in [0, 0.1) is 17.6 Å². The first-order valence-corrected chi connectivity index (χ1v) is 10.2. The quantitative estimate of drug-likeness (QED) is 0.601. The van der Waals surface area contributed by atoms with Gasteiger partial charge in [0.25, 0.3) is 11.8 Å². The van der Waals surface area contributed by atoms with Crippen LogP contribution < -0.4 is 15.8 Å². The maximum Gasteiger partial charge on any atom is 0.417 e. The minimum atomic E-state index is -4.89. The summed E-state index contributed by atoms with van der Waals surface area (Å²) in [5.41, 5.74) is 2.07. The van der Waals surface area contributed by atoms with Gasteiger partial charge in [0.2, 0.25) is 5.82 Å². The van der Waals surface area contributed by atoms with E-state index in [1.807, 2.05) is 0 Å².